The number of nitrogens with one attached hydrogen (secondary N) is 1. The summed E-state index contributed by atoms with van der Waals surface area (Å²) in [5, 5.41) is 11.8. The minimum Gasteiger partial charge on any atom is -0.508 e. The van der Waals surface area contributed by atoms with Crippen LogP contribution in [0.2, 0.25) is 0 Å². The summed E-state index contributed by atoms with van der Waals surface area (Å²) in [6.07, 6.45) is 0. The Morgan fingerprint density at radius 3 is 2.86 bits per heavy atom. The van der Waals surface area contributed by atoms with Crippen molar-refractivity contribution in [3.63, 3.8) is 0 Å². The summed E-state index contributed by atoms with van der Waals surface area (Å²) >= 11 is 0. The van der Waals surface area contributed by atoms with Gasteiger partial charge in [-0.3, -0.25) is 4.79 Å². The maximum absolute atomic E-state index is 10.7. The maximum atomic E-state index is 10.7. The molecule has 1 amide bonds. The van der Waals surface area contributed by atoms with Crippen LogP contribution in [-0.2, 0) is 11.3 Å². The monoisotopic (exact) mass is 195 g/mol. The van der Waals surface area contributed by atoms with Gasteiger partial charge in [-0.05, 0) is 12.1 Å². The minimum absolute atomic E-state index is 0.0971. The number of carbonyl (C=O) groups is 1. The molecule has 0 aliphatic rings. The van der Waals surface area contributed by atoms with E-state index in [1.807, 2.05) is 0 Å². The highest BCUT2D eigenvalue weighted by Gasteiger charge is 2.03. The second-order valence-electron chi connectivity index (χ2n) is 2.91. The fraction of sp³-hybridized carbons (Fsp3) is 0.300. The Balaban J connectivity index is 2.80. The number of aromatic hydroxyl groups is 1. The van der Waals surface area contributed by atoms with Gasteiger partial charge in [-0.2, -0.15) is 0 Å². The van der Waals surface area contributed by atoms with Gasteiger partial charge in [0.15, 0.2) is 0 Å². The Labute approximate surface area is 82.5 Å². The largest absolute Gasteiger partial charge is 0.508 e. The number of amides is 1. The average molecular weight is 195 g/mol. The molecule has 14 heavy (non-hydrogen) atoms. The van der Waals surface area contributed by atoms with Crippen LogP contribution < -0.4 is 10.1 Å². The molecule has 4 heteroatoms. The van der Waals surface area contributed by atoms with Gasteiger partial charge in [-0.15, -0.1) is 0 Å². The summed E-state index contributed by atoms with van der Waals surface area (Å²) in [5.74, 6) is 0.618. The summed E-state index contributed by atoms with van der Waals surface area (Å²) in [5.41, 5.74) is 0.834. The molecule has 0 aromatic heterocycles. The molecular weight excluding hydrogens is 182 g/mol. The van der Waals surface area contributed by atoms with Crippen LogP contribution in [0.5, 0.6) is 11.5 Å². The van der Waals surface area contributed by atoms with Gasteiger partial charge in [0.2, 0.25) is 5.91 Å². The van der Waals surface area contributed by atoms with Crippen LogP contribution in [0.4, 0.5) is 0 Å². The molecule has 0 aliphatic heterocycles. The highest BCUT2D eigenvalue weighted by molar-refractivity contribution is 5.72. The van der Waals surface area contributed by atoms with E-state index < -0.39 is 0 Å². The zero-order valence-corrected chi connectivity index (χ0v) is 8.20. The molecule has 4 nitrogen and oxygen atoms in total. The van der Waals surface area contributed by atoms with Crippen LogP contribution in [0.15, 0.2) is 18.2 Å². The normalized spacial score (nSPS) is 9.57. The Hall–Kier alpha value is -1.71. The van der Waals surface area contributed by atoms with Crippen LogP contribution in [0.1, 0.15) is 12.5 Å². The van der Waals surface area contributed by atoms with Gasteiger partial charge in [-0.1, -0.05) is 0 Å². The second-order valence-corrected chi connectivity index (χ2v) is 2.91. The molecule has 1 aromatic carbocycles. The topological polar surface area (TPSA) is 58.6 Å². The summed E-state index contributed by atoms with van der Waals surface area (Å²) < 4.78 is 5.05. The zero-order chi connectivity index (χ0) is 10.6. The average Bonchev–Trinajstić information content (AvgIpc) is 2.15. The molecule has 0 heterocycles. The summed E-state index contributed by atoms with van der Waals surface area (Å²) in [4.78, 5) is 10.7. The van der Waals surface area contributed by atoms with Crippen molar-refractivity contribution in [1.29, 1.82) is 0 Å². The number of phenols is 1. The van der Waals surface area contributed by atoms with Crippen LogP contribution in [0.25, 0.3) is 0 Å². The van der Waals surface area contributed by atoms with E-state index in [9.17, 15) is 9.90 Å². The molecule has 0 unspecified atom stereocenters. The molecule has 2 N–H and O–H groups in total. The lowest BCUT2D eigenvalue weighted by molar-refractivity contribution is -0.119. The first-order valence-corrected chi connectivity index (χ1v) is 4.24. The van der Waals surface area contributed by atoms with Gasteiger partial charge in [-0.25, -0.2) is 0 Å². The maximum Gasteiger partial charge on any atom is 0.217 e. The number of ether oxygens (including phenoxy) is 1. The third kappa shape index (κ3) is 2.65. The number of methoxy groups -OCH3 is 1. The molecule has 0 bridgehead atoms. The van der Waals surface area contributed by atoms with Gasteiger partial charge in [0.05, 0.1) is 7.11 Å². The lowest BCUT2D eigenvalue weighted by Crippen LogP contribution is -2.19. The van der Waals surface area contributed by atoms with Gasteiger partial charge < -0.3 is 15.2 Å². The first-order valence-electron chi connectivity index (χ1n) is 4.24. The molecule has 0 spiro atoms. The molecule has 1 rings (SSSR count). The fourth-order valence-electron chi connectivity index (χ4n) is 1.10. The minimum atomic E-state index is -0.0971. The molecular formula is C10H13NO3. The highest BCUT2D eigenvalue weighted by Crippen LogP contribution is 2.23. The molecule has 0 saturated carbocycles. The predicted octanol–water partition coefficient (Wildman–Crippen LogP) is 1.04. The van der Waals surface area contributed by atoms with E-state index in [2.05, 4.69) is 5.32 Å². The summed E-state index contributed by atoms with van der Waals surface area (Å²) in [7, 11) is 1.52. The van der Waals surface area contributed by atoms with E-state index in [0.29, 0.717) is 12.3 Å². The van der Waals surface area contributed by atoms with Crippen molar-refractivity contribution in [2.75, 3.05) is 7.11 Å². The Morgan fingerprint density at radius 2 is 2.29 bits per heavy atom. The van der Waals surface area contributed by atoms with E-state index >= 15 is 0 Å². The highest BCUT2D eigenvalue weighted by atomic mass is 16.5. The fourth-order valence-corrected chi connectivity index (χ4v) is 1.10. The first kappa shape index (κ1) is 10.4. The van der Waals surface area contributed by atoms with Crippen LogP contribution >= 0.6 is 0 Å². The molecule has 1 aromatic rings. The number of phenolic OH excluding ortho intramolecular Hbond substituents is 1. The molecule has 0 atom stereocenters. The Kier molecular flexibility index (Phi) is 3.34. The standard InChI is InChI=1S/C10H13NO3/c1-7(12)11-6-8-3-4-9(13)5-10(8)14-2/h3-5,13H,6H2,1-2H3,(H,11,12). The summed E-state index contributed by atoms with van der Waals surface area (Å²) in [6, 6.07) is 4.78. The van der Waals surface area contributed by atoms with Crippen molar-refractivity contribution in [1.82, 2.24) is 5.32 Å². The summed E-state index contributed by atoms with van der Waals surface area (Å²) in [6.45, 7) is 1.85. The lowest BCUT2D eigenvalue weighted by Gasteiger charge is -2.08. The number of hydrogen-bond acceptors (Lipinski definition) is 3. The molecule has 0 fully saturated rings. The van der Waals surface area contributed by atoms with E-state index in [4.69, 9.17) is 4.74 Å². The Bertz CT molecular complexity index is 336. The van der Waals surface area contributed by atoms with Crippen molar-refractivity contribution < 1.29 is 14.6 Å². The SMILES string of the molecule is COc1cc(O)ccc1CNC(C)=O. The van der Waals surface area contributed by atoms with Gasteiger partial charge in [0, 0.05) is 25.1 Å². The third-order valence-electron chi connectivity index (χ3n) is 1.80. The molecule has 76 valence electrons. The Morgan fingerprint density at radius 1 is 1.57 bits per heavy atom. The van der Waals surface area contributed by atoms with Crippen molar-refractivity contribution >= 4 is 5.91 Å². The first-order chi connectivity index (χ1) is 6.63. The van der Waals surface area contributed by atoms with E-state index in [0.717, 1.165) is 5.56 Å². The number of carbonyl (C=O) groups excluding carboxylic acids is 1. The smallest absolute Gasteiger partial charge is 0.217 e. The zero-order valence-electron chi connectivity index (χ0n) is 8.20. The van der Waals surface area contributed by atoms with Crippen molar-refractivity contribution in [3.05, 3.63) is 23.8 Å². The molecule has 0 radical (unpaired) electrons. The molecule has 0 saturated heterocycles. The van der Waals surface area contributed by atoms with Crippen LogP contribution in [0.3, 0.4) is 0 Å². The van der Waals surface area contributed by atoms with Crippen LogP contribution in [0, 0.1) is 0 Å². The van der Waals surface area contributed by atoms with Crippen molar-refractivity contribution in [2.24, 2.45) is 0 Å². The van der Waals surface area contributed by atoms with E-state index in [1.54, 1.807) is 12.1 Å². The molecule has 0 aliphatic carbocycles. The lowest BCUT2D eigenvalue weighted by atomic mass is 10.2. The second kappa shape index (κ2) is 4.50. The van der Waals surface area contributed by atoms with E-state index in [1.165, 1.54) is 20.1 Å². The number of benzene rings is 1. The quantitative estimate of drug-likeness (QED) is 0.757. The van der Waals surface area contributed by atoms with Crippen LogP contribution in [-0.4, -0.2) is 18.1 Å². The van der Waals surface area contributed by atoms with Gasteiger partial charge in [0.25, 0.3) is 0 Å². The van der Waals surface area contributed by atoms with Crippen molar-refractivity contribution in [3.8, 4) is 11.5 Å². The van der Waals surface area contributed by atoms with E-state index in [-0.39, 0.29) is 11.7 Å². The van der Waals surface area contributed by atoms with Gasteiger partial charge >= 0.3 is 0 Å². The number of rotatable bonds is 3. The third-order valence-corrected chi connectivity index (χ3v) is 1.80. The van der Waals surface area contributed by atoms with Gasteiger partial charge in [0.1, 0.15) is 11.5 Å². The van der Waals surface area contributed by atoms with Crippen molar-refractivity contribution in [2.45, 2.75) is 13.5 Å². The predicted molar refractivity (Wildman–Crippen MR) is 52.2 cm³/mol. The number of hydrogen-bond donors (Lipinski definition) is 2.